The van der Waals surface area contributed by atoms with E-state index in [-0.39, 0.29) is 0 Å². The minimum atomic E-state index is 0.442. The molecule has 2 rings (SSSR count). The van der Waals surface area contributed by atoms with E-state index in [2.05, 4.69) is 49.5 Å². The Bertz CT molecular complexity index is 293. The van der Waals surface area contributed by atoms with Crippen molar-refractivity contribution in [3.05, 3.63) is 35.9 Å². The molecule has 0 radical (unpaired) electrons. The van der Waals surface area contributed by atoms with Crippen molar-refractivity contribution in [2.75, 3.05) is 13.1 Å². The fraction of sp³-hybridized carbons (Fsp3) is 0.538. The summed E-state index contributed by atoms with van der Waals surface area (Å²) in [4.78, 5) is 0. The maximum Gasteiger partial charge on any atom is 0.0106 e. The average Bonchev–Trinajstić information content (AvgIpc) is 2.89. The average molecular weight is 189 g/mol. The number of hydrogen-bond acceptors (Lipinski definition) is 1. The highest BCUT2D eigenvalue weighted by Gasteiger charge is 2.51. The molecule has 2 atom stereocenters. The minimum absolute atomic E-state index is 0.442. The third-order valence-corrected chi connectivity index (χ3v) is 3.49. The first-order chi connectivity index (χ1) is 6.79. The van der Waals surface area contributed by atoms with Crippen LogP contribution in [0.1, 0.15) is 25.8 Å². The lowest BCUT2D eigenvalue weighted by atomic mass is 9.93. The first-order valence-electron chi connectivity index (χ1n) is 5.56. The molecule has 1 heteroatoms. The molecule has 0 spiro atoms. The van der Waals surface area contributed by atoms with Crippen molar-refractivity contribution in [3.8, 4) is 0 Å². The molecule has 0 aliphatic heterocycles. The molecule has 0 heterocycles. The molecule has 2 unspecified atom stereocenters. The molecule has 1 saturated carbocycles. The van der Waals surface area contributed by atoms with Gasteiger partial charge in [-0.15, -0.1) is 0 Å². The predicted molar refractivity (Wildman–Crippen MR) is 60.4 cm³/mol. The standard InChI is InChI=1S/C13H19N/c1-3-14-10-13(9-11(13)2)12-7-5-4-6-8-12/h4-8,11,14H,3,9-10H2,1-2H3. The molecular weight excluding hydrogens is 170 g/mol. The highest BCUT2D eigenvalue weighted by molar-refractivity contribution is 5.33. The summed E-state index contributed by atoms with van der Waals surface area (Å²) in [5, 5.41) is 3.48. The molecule has 76 valence electrons. The molecule has 1 nitrogen and oxygen atoms in total. The Labute approximate surface area is 86.5 Å². The Morgan fingerprint density at radius 2 is 2.00 bits per heavy atom. The Morgan fingerprint density at radius 3 is 2.50 bits per heavy atom. The van der Waals surface area contributed by atoms with Crippen LogP contribution in [-0.2, 0) is 5.41 Å². The van der Waals surface area contributed by atoms with E-state index < -0.39 is 0 Å². The maximum absolute atomic E-state index is 3.48. The second kappa shape index (κ2) is 3.74. The molecule has 0 amide bonds. The van der Waals surface area contributed by atoms with Crippen molar-refractivity contribution in [1.82, 2.24) is 5.32 Å². The fourth-order valence-corrected chi connectivity index (χ4v) is 2.36. The number of likely N-dealkylation sites (N-methyl/N-ethyl adjacent to an activating group) is 1. The van der Waals surface area contributed by atoms with Crippen molar-refractivity contribution in [3.63, 3.8) is 0 Å². The molecular formula is C13H19N. The van der Waals surface area contributed by atoms with E-state index in [1.54, 1.807) is 0 Å². The summed E-state index contributed by atoms with van der Waals surface area (Å²) >= 11 is 0. The number of benzene rings is 1. The molecule has 1 fully saturated rings. The summed E-state index contributed by atoms with van der Waals surface area (Å²) in [6.07, 6.45) is 1.34. The quantitative estimate of drug-likeness (QED) is 0.767. The molecule has 1 aliphatic carbocycles. The van der Waals surface area contributed by atoms with E-state index in [9.17, 15) is 0 Å². The van der Waals surface area contributed by atoms with E-state index in [0.29, 0.717) is 5.41 Å². The van der Waals surface area contributed by atoms with Crippen LogP contribution in [0.5, 0.6) is 0 Å². The van der Waals surface area contributed by atoms with E-state index in [1.165, 1.54) is 12.0 Å². The normalized spacial score (nSPS) is 30.3. The second-order valence-corrected chi connectivity index (χ2v) is 4.41. The van der Waals surface area contributed by atoms with Crippen LogP contribution in [0, 0.1) is 5.92 Å². The SMILES string of the molecule is CCNCC1(c2ccccc2)CC1C. The van der Waals surface area contributed by atoms with Crippen LogP contribution in [0.25, 0.3) is 0 Å². The van der Waals surface area contributed by atoms with Crippen molar-refractivity contribution in [2.24, 2.45) is 5.92 Å². The monoisotopic (exact) mass is 189 g/mol. The topological polar surface area (TPSA) is 12.0 Å². The zero-order valence-corrected chi connectivity index (χ0v) is 9.09. The first kappa shape index (κ1) is 9.72. The Kier molecular flexibility index (Phi) is 2.60. The zero-order valence-electron chi connectivity index (χ0n) is 9.09. The van der Waals surface area contributed by atoms with E-state index in [0.717, 1.165) is 19.0 Å². The largest absolute Gasteiger partial charge is 0.316 e. The summed E-state index contributed by atoms with van der Waals surface area (Å²) in [6.45, 7) is 6.73. The predicted octanol–water partition coefficient (Wildman–Crippen LogP) is 2.57. The van der Waals surface area contributed by atoms with Crippen molar-refractivity contribution >= 4 is 0 Å². The third-order valence-electron chi connectivity index (χ3n) is 3.49. The van der Waals surface area contributed by atoms with E-state index in [4.69, 9.17) is 0 Å². The van der Waals surface area contributed by atoms with Crippen LogP contribution in [0.4, 0.5) is 0 Å². The molecule has 14 heavy (non-hydrogen) atoms. The van der Waals surface area contributed by atoms with Crippen LogP contribution < -0.4 is 5.32 Å². The van der Waals surface area contributed by atoms with Crippen molar-refractivity contribution in [1.29, 1.82) is 0 Å². The van der Waals surface area contributed by atoms with Gasteiger partial charge in [0.25, 0.3) is 0 Å². The van der Waals surface area contributed by atoms with Gasteiger partial charge >= 0.3 is 0 Å². The van der Waals surface area contributed by atoms with Gasteiger partial charge in [0.05, 0.1) is 0 Å². The summed E-state index contributed by atoms with van der Waals surface area (Å²) in [5.74, 6) is 0.837. The van der Waals surface area contributed by atoms with Crippen LogP contribution in [-0.4, -0.2) is 13.1 Å². The Hall–Kier alpha value is -0.820. The Balaban J connectivity index is 2.14. The smallest absolute Gasteiger partial charge is 0.0106 e. The van der Waals surface area contributed by atoms with Crippen molar-refractivity contribution in [2.45, 2.75) is 25.7 Å². The lowest BCUT2D eigenvalue weighted by Gasteiger charge is -2.17. The van der Waals surface area contributed by atoms with E-state index >= 15 is 0 Å². The molecule has 1 N–H and O–H groups in total. The maximum atomic E-state index is 3.48. The molecule has 1 aromatic carbocycles. The molecule has 0 bridgehead atoms. The highest BCUT2D eigenvalue weighted by atomic mass is 14.9. The number of rotatable bonds is 4. The number of hydrogen-bond donors (Lipinski definition) is 1. The van der Waals surface area contributed by atoms with Gasteiger partial charge in [0.2, 0.25) is 0 Å². The van der Waals surface area contributed by atoms with Gasteiger partial charge in [-0.3, -0.25) is 0 Å². The van der Waals surface area contributed by atoms with Gasteiger partial charge in [-0.25, -0.2) is 0 Å². The Morgan fingerprint density at radius 1 is 1.36 bits per heavy atom. The molecule has 0 saturated heterocycles. The van der Waals surface area contributed by atoms with Crippen molar-refractivity contribution < 1.29 is 0 Å². The summed E-state index contributed by atoms with van der Waals surface area (Å²) in [5.41, 5.74) is 1.95. The fourth-order valence-electron chi connectivity index (χ4n) is 2.36. The second-order valence-electron chi connectivity index (χ2n) is 4.41. The summed E-state index contributed by atoms with van der Waals surface area (Å²) in [6, 6.07) is 10.9. The molecule has 1 aliphatic rings. The zero-order chi connectivity index (χ0) is 10.0. The van der Waals surface area contributed by atoms with E-state index in [1.807, 2.05) is 0 Å². The minimum Gasteiger partial charge on any atom is -0.316 e. The van der Waals surface area contributed by atoms with Crippen LogP contribution in [0.2, 0.25) is 0 Å². The highest BCUT2D eigenvalue weighted by Crippen LogP contribution is 2.53. The van der Waals surface area contributed by atoms with Gasteiger partial charge in [-0.05, 0) is 24.4 Å². The van der Waals surface area contributed by atoms with Gasteiger partial charge in [0.15, 0.2) is 0 Å². The first-order valence-corrected chi connectivity index (χ1v) is 5.56. The number of nitrogens with one attached hydrogen (secondary N) is 1. The molecule has 1 aromatic rings. The third kappa shape index (κ3) is 1.57. The van der Waals surface area contributed by atoms with Gasteiger partial charge in [0, 0.05) is 12.0 Å². The van der Waals surface area contributed by atoms with Gasteiger partial charge in [0.1, 0.15) is 0 Å². The molecule has 0 aromatic heterocycles. The van der Waals surface area contributed by atoms with Gasteiger partial charge in [-0.2, -0.15) is 0 Å². The summed E-state index contributed by atoms with van der Waals surface area (Å²) in [7, 11) is 0. The van der Waals surface area contributed by atoms with Crippen LogP contribution in [0.3, 0.4) is 0 Å². The van der Waals surface area contributed by atoms with Gasteiger partial charge < -0.3 is 5.32 Å². The van der Waals surface area contributed by atoms with Crippen LogP contribution >= 0.6 is 0 Å². The lowest BCUT2D eigenvalue weighted by molar-refractivity contribution is 0.555. The van der Waals surface area contributed by atoms with Crippen LogP contribution in [0.15, 0.2) is 30.3 Å². The lowest BCUT2D eigenvalue weighted by Crippen LogP contribution is -2.28. The van der Waals surface area contributed by atoms with Gasteiger partial charge in [-0.1, -0.05) is 44.2 Å². The summed E-state index contributed by atoms with van der Waals surface area (Å²) < 4.78 is 0.